The summed E-state index contributed by atoms with van der Waals surface area (Å²) < 4.78 is 5.49. The molecule has 2 atom stereocenters. The summed E-state index contributed by atoms with van der Waals surface area (Å²) in [7, 11) is 0. The van der Waals surface area contributed by atoms with Crippen molar-refractivity contribution in [3.05, 3.63) is 34.9 Å². The molecule has 1 aromatic rings. The van der Waals surface area contributed by atoms with Crippen molar-refractivity contribution in [1.82, 2.24) is 5.32 Å². The second kappa shape index (κ2) is 4.96. The smallest absolute Gasteiger partial charge is 0.407 e. The van der Waals surface area contributed by atoms with Gasteiger partial charge in [0.05, 0.1) is 6.04 Å². The molecular weight excluding hydrogens is 274 g/mol. The van der Waals surface area contributed by atoms with Crippen LogP contribution >= 0.6 is 11.6 Å². The van der Waals surface area contributed by atoms with Gasteiger partial charge in [0, 0.05) is 10.4 Å². The number of cyclic esters (lactones) is 1. The summed E-state index contributed by atoms with van der Waals surface area (Å²) in [6.45, 7) is 4.21. The Kier molecular flexibility index (Phi) is 3.41. The number of carbonyl (C=O) groups is 1. The van der Waals surface area contributed by atoms with Crippen LogP contribution in [0, 0.1) is 5.92 Å². The molecular formula is C16H20ClNO2. The molecule has 2 aliphatic rings. The Labute approximate surface area is 124 Å². The highest BCUT2D eigenvalue weighted by Gasteiger charge is 2.53. The molecule has 1 saturated carbocycles. The zero-order chi connectivity index (χ0) is 14.3. The number of amides is 1. The van der Waals surface area contributed by atoms with E-state index >= 15 is 0 Å². The first-order chi connectivity index (χ1) is 9.53. The number of alkyl carbamates (subject to hydrolysis) is 1. The van der Waals surface area contributed by atoms with Crippen molar-refractivity contribution in [2.24, 2.45) is 5.92 Å². The van der Waals surface area contributed by atoms with E-state index in [2.05, 4.69) is 31.3 Å². The van der Waals surface area contributed by atoms with E-state index in [1.54, 1.807) is 0 Å². The third-order valence-electron chi connectivity index (χ3n) is 4.76. The summed E-state index contributed by atoms with van der Waals surface area (Å²) >= 11 is 5.99. The molecule has 20 heavy (non-hydrogen) atoms. The summed E-state index contributed by atoms with van der Waals surface area (Å²) in [5.41, 5.74) is 1.26. The lowest BCUT2D eigenvalue weighted by atomic mass is 9.58. The standard InChI is InChI=1S/C16H20ClNO2/c1-10(2)13-14(18-15(19)20-13)16(8-3-9-16)11-4-6-12(17)7-5-11/h4-7,10,13-14H,3,8-9H2,1-2H3,(H,18,19)/t13-,14-/m1/s1. The van der Waals surface area contributed by atoms with Crippen LogP contribution in [0.4, 0.5) is 4.79 Å². The molecule has 0 spiro atoms. The molecule has 1 saturated heterocycles. The van der Waals surface area contributed by atoms with Gasteiger partial charge in [-0.25, -0.2) is 4.79 Å². The Morgan fingerprint density at radius 2 is 1.95 bits per heavy atom. The first-order valence-electron chi connectivity index (χ1n) is 7.26. The Morgan fingerprint density at radius 1 is 1.30 bits per heavy atom. The van der Waals surface area contributed by atoms with Crippen molar-refractivity contribution in [3.63, 3.8) is 0 Å². The third-order valence-corrected chi connectivity index (χ3v) is 5.01. The van der Waals surface area contributed by atoms with Gasteiger partial charge in [0.1, 0.15) is 6.10 Å². The van der Waals surface area contributed by atoms with Crippen LogP contribution in [0.1, 0.15) is 38.7 Å². The summed E-state index contributed by atoms with van der Waals surface area (Å²) in [5.74, 6) is 0.309. The Morgan fingerprint density at radius 3 is 2.45 bits per heavy atom. The second-order valence-electron chi connectivity index (χ2n) is 6.25. The maximum Gasteiger partial charge on any atom is 0.407 e. The van der Waals surface area contributed by atoms with E-state index in [4.69, 9.17) is 16.3 Å². The molecule has 3 nitrogen and oxygen atoms in total. The first-order valence-corrected chi connectivity index (χ1v) is 7.64. The monoisotopic (exact) mass is 293 g/mol. The van der Waals surface area contributed by atoms with Gasteiger partial charge in [0.2, 0.25) is 0 Å². The van der Waals surface area contributed by atoms with Crippen LogP contribution in [-0.2, 0) is 10.2 Å². The van der Waals surface area contributed by atoms with E-state index in [0.29, 0.717) is 5.92 Å². The van der Waals surface area contributed by atoms with E-state index in [0.717, 1.165) is 17.9 Å². The van der Waals surface area contributed by atoms with E-state index in [1.807, 2.05) is 12.1 Å². The number of rotatable bonds is 3. The largest absolute Gasteiger partial charge is 0.444 e. The molecule has 0 radical (unpaired) electrons. The van der Waals surface area contributed by atoms with Gasteiger partial charge >= 0.3 is 6.09 Å². The summed E-state index contributed by atoms with van der Waals surface area (Å²) in [4.78, 5) is 11.7. The molecule has 1 aromatic carbocycles. The van der Waals surface area contributed by atoms with Gasteiger partial charge in [0.15, 0.2) is 0 Å². The van der Waals surface area contributed by atoms with Crippen molar-refractivity contribution < 1.29 is 9.53 Å². The Balaban J connectivity index is 1.96. The molecule has 1 heterocycles. The maximum atomic E-state index is 11.7. The number of benzene rings is 1. The van der Waals surface area contributed by atoms with Gasteiger partial charge < -0.3 is 10.1 Å². The van der Waals surface area contributed by atoms with E-state index < -0.39 is 0 Å². The van der Waals surface area contributed by atoms with Gasteiger partial charge in [-0.3, -0.25) is 0 Å². The van der Waals surface area contributed by atoms with Crippen LogP contribution in [0.3, 0.4) is 0 Å². The number of carbonyl (C=O) groups excluding carboxylic acids is 1. The SMILES string of the molecule is CC(C)[C@H]1OC(=O)N[C@H]1C1(c2ccc(Cl)cc2)CCC1. The fourth-order valence-corrected chi connectivity index (χ4v) is 3.65. The first kappa shape index (κ1) is 13.7. The number of ether oxygens (including phenoxy) is 1. The van der Waals surface area contributed by atoms with Crippen LogP contribution in [0.25, 0.3) is 0 Å². The number of hydrogen-bond acceptors (Lipinski definition) is 2. The van der Waals surface area contributed by atoms with Crippen molar-refractivity contribution in [3.8, 4) is 0 Å². The lowest BCUT2D eigenvalue weighted by Crippen LogP contribution is -2.55. The highest BCUT2D eigenvalue weighted by Crippen LogP contribution is 2.49. The number of nitrogens with one attached hydrogen (secondary N) is 1. The lowest BCUT2D eigenvalue weighted by molar-refractivity contribution is 0.0618. The summed E-state index contributed by atoms with van der Waals surface area (Å²) in [5, 5.41) is 3.79. The van der Waals surface area contributed by atoms with Gasteiger partial charge in [0.25, 0.3) is 0 Å². The van der Waals surface area contributed by atoms with Gasteiger partial charge in [-0.15, -0.1) is 0 Å². The lowest BCUT2D eigenvalue weighted by Gasteiger charge is -2.48. The average Bonchev–Trinajstić information content (AvgIpc) is 2.73. The zero-order valence-electron chi connectivity index (χ0n) is 11.9. The van der Waals surface area contributed by atoms with Gasteiger partial charge in [-0.1, -0.05) is 44.0 Å². The molecule has 2 fully saturated rings. The minimum atomic E-state index is -0.283. The highest BCUT2D eigenvalue weighted by atomic mass is 35.5. The molecule has 0 aromatic heterocycles. The van der Waals surface area contributed by atoms with Crippen molar-refractivity contribution in [2.45, 2.75) is 50.7 Å². The Bertz CT molecular complexity index is 508. The van der Waals surface area contributed by atoms with Crippen LogP contribution in [0.15, 0.2) is 24.3 Å². The van der Waals surface area contributed by atoms with Crippen molar-refractivity contribution >= 4 is 17.7 Å². The molecule has 1 amide bonds. The quantitative estimate of drug-likeness (QED) is 0.918. The van der Waals surface area contributed by atoms with Crippen LogP contribution in [-0.4, -0.2) is 18.2 Å². The minimum Gasteiger partial charge on any atom is -0.444 e. The van der Waals surface area contributed by atoms with E-state index in [9.17, 15) is 4.79 Å². The minimum absolute atomic E-state index is 0.00564. The fraction of sp³-hybridized carbons (Fsp3) is 0.562. The molecule has 3 rings (SSSR count). The topological polar surface area (TPSA) is 38.3 Å². The van der Waals surface area contributed by atoms with Crippen LogP contribution in [0.5, 0.6) is 0 Å². The molecule has 0 bridgehead atoms. The molecule has 0 unspecified atom stereocenters. The van der Waals surface area contributed by atoms with Gasteiger partial charge in [-0.2, -0.15) is 0 Å². The van der Waals surface area contributed by atoms with Crippen molar-refractivity contribution in [2.75, 3.05) is 0 Å². The van der Waals surface area contributed by atoms with Gasteiger partial charge in [-0.05, 0) is 36.5 Å². The normalized spacial score (nSPS) is 27.9. The number of halogens is 1. The average molecular weight is 294 g/mol. The molecule has 1 N–H and O–H groups in total. The predicted octanol–water partition coefficient (Wildman–Crippen LogP) is 3.89. The molecule has 1 aliphatic carbocycles. The van der Waals surface area contributed by atoms with E-state index in [1.165, 1.54) is 12.0 Å². The second-order valence-corrected chi connectivity index (χ2v) is 6.69. The highest BCUT2D eigenvalue weighted by molar-refractivity contribution is 6.30. The maximum absolute atomic E-state index is 11.7. The molecule has 1 aliphatic heterocycles. The molecule has 108 valence electrons. The van der Waals surface area contributed by atoms with Crippen molar-refractivity contribution in [1.29, 1.82) is 0 Å². The summed E-state index contributed by atoms with van der Waals surface area (Å²) in [6.07, 6.45) is 3.03. The molecule has 4 heteroatoms. The van der Waals surface area contributed by atoms with E-state index in [-0.39, 0.29) is 23.7 Å². The summed E-state index contributed by atoms with van der Waals surface area (Å²) in [6, 6.07) is 8.09. The Hall–Kier alpha value is -1.22. The predicted molar refractivity (Wildman–Crippen MR) is 79.0 cm³/mol. The zero-order valence-corrected chi connectivity index (χ0v) is 12.6. The van der Waals surface area contributed by atoms with Crippen LogP contribution in [0.2, 0.25) is 5.02 Å². The van der Waals surface area contributed by atoms with Crippen LogP contribution < -0.4 is 5.32 Å². The fourth-order valence-electron chi connectivity index (χ4n) is 3.53. The third kappa shape index (κ3) is 2.08. The number of hydrogen-bond donors (Lipinski definition) is 1.